The van der Waals surface area contributed by atoms with Crippen LogP contribution in [0.4, 0.5) is 0 Å². The Hall–Kier alpha value is -0.220. The van der Waals surface area contributed by atoms with E-state index in [0.717, 1.165) is 32.5 Å². The highest BCUT2D eigenvalue weighted by Gasteiger charge is 2.36. The largest absolute Gasteiger partial charge is 0.354 e. The lowest BCUT2D eigenvalue weighted by atomic mass is 9.82. The van der Waals surface area contributed by atoms with Crippen molar-refractivity contribution in [3.8, 4) is 0 Å². The standard InChI is InChI=1S/C13H24N2OS/c1-12(5-3-7-14-9-12)11(16)15-10-13(2)6-4-8-17-13/h14H,3-10H2,1-2H3,(H,15,16). The Kier molecular flexibility index (Phi) is 4.03. The minimum absolute atomic E-state index is 0.197. The first-order valence-corrected chi connectivity index (χ1v) is 7.66. The molecule has 2 N–H and O–H groups in total. The number of nitrogens with one attached hydrogen (secondary N) is 2. The molecule has 3 nitrogen and oxygen atoms in total. The second-order valence-electron chi connectivity index (χ2n) is 5.93. The van der Waals surface area contributed by atoms with Gasteiger partial charge in [-0.15, -0.1) is 0 Å². The molecule has 2 saturated heterocycles. The normalized spacial score (nSPS) is 38.0. The molecular weight excluding hydrogens is 232 g/mol. The van der Waals surface area contributed by atoms with E-state index in [1.165, 1.54) is 18.6 Å². The Morgan fingerprint density at radius 1 is 1.35 bits per heavy atom. The average molecular weight is 256 g/mol. The topological polar surface area (TPSA) is 41.1 Å². The van der Waals surface area contributed by atoms with E-state index < -0.39 is 0 Å². The molecule has 2 aliphatic rings. The van der Waals surface area contributed by atoms with Gasteiger partial charge in [0.2, 0.25) is 5.91 Å². The molecule has 2 heterocycles. The summed E-state index contributed by atoms with van der Waals surface area (Å²) in [7, 11) is 0. The zero-order valence-electron chi connectivity index (χ0n) is 11.0. The van der Waals surface area contributed by atoms with Crippen LogP contribution in [0.5, 0.6) is 0 Å². The summed E-state index contributed by atoms with van der Waals surface area (Å²) < 4.78 is 0.272. The van der Waals surface area contributed by atoms with Gasteiger partial charge in [-0.1, -0.05) is 0 Å². The van der Waals surface area contributed by atoms with Crippen LogP contribution in [-0.2, 0) is 4.79 Å². The van der Waals surface area contributed by atoms with Crippen LogP contribution in [0.25, 0.3) is 0 Å². The number of thioether (sulfide) groups is 1. The molecule has 4 heteroatoms. The summed E-state index contributed by atoms with van der Waals surface area (Å²) in [6.45, 7) is 7.05. The van der Waals surface area contributed by atoms with Crippen molar-refractivity contribution in [1.29, 1.82) is 0 Å². The molecule has 0 spiro atoms. The Morgan fingerprint density at radius 3 is 2.76 bits per heavy atom. The molecule has 98 valence electrons. The SMILES string of the molecule is CC1(CNC(=O)C2(C)CCCNC2)CCCS1. The van der Waals surface area contributed by atoms with Gasteiger partial charge in [-0.05, 0) is 51.8 Å². The molecule has 2 aliphatic heterocycles. The molecule has 0 bridgehead atoms. The third kappa shape index (κ3) is 3.16. The van der Waals surface area contributed by atoms with Gasteiger partial charge in [0.1, 0.15) is 0 Å². The summed E-state index contributed by atoms with van der Waals surface area (Å²) in [6.07, 6.45) is 4.63. The van der Waals surface area contributed by atoms with E-state index in [0.29, 0.717) is 0 Å². The van der Waals surface area contributed by atoms with Gasteiger partial charge in [-0.2, -0.15) is 11.8 Å². The van der Waals surface area contributed by atoms with E-state index in [2.05, 4.69) is 24.5 Å². The van der Waals surface area contributed by atoms with E-state index in [1.54, 1.807) is 0 Å². The molecule has 2 atom stereocenters. The van der Waals surface area contributed by atoms with Gasteiger partial charge in [0.05, 0.1) is 5.41 Å². The van der Waals surface area contributed by atoms with E-state index in [4.69, 9.17) is 0 Å². The summed E-state index contributed by atoms with van der Waals surface area (Å²) in [5, 5.41) is 6.50. The lowest BCUT2D eigenvalue weighted by Crippen LogP contribution is -2.50. The van der Waals surface area contributed by atoms with E-state index >= 15 is 0 Å². The second-order valence-corrected chi connectivity index (χ2v) is 7.61. The fourth-order valence-corrected chi connectivity index (χ4v) is 3.95. The van der Waals surface area contributed by atoms with Crippen molar-refractivity contribution in [2.75, 3.05) is 25.4 Å². The van der Waals surface area contributed by atoms with Crippen molar-refractivity contribution in [3.63, 3.8) is 0 Å². The average Bonchev–Trinajstić information content (AvgIpc) is 2.75. The summed E-state index contributed by atoms with van der Waals surface area (Å²) in [5.74, 6) is 1.48. The molecule has 0 saturated carbocycles. The second kappa shape index (κ2) is 5.19. The predicted octanol–water partition coefficient (Wildman–Crippen LogP) is 1.78. The van der Waals surface area contributed by atoms with Gasteiger partial charge in [-0.3, -0.25) is 4.79 Å². The van der Waals surface area contributed by atoms with Gasteiger partial charge in [0.25, 0.3) is 0 Å². The maximum atomic E-state index is 12.3. The van der Waals surface area contributed by atoms with Crippen molar-refractivity contribution in [3.05, 3.63) is 0 Å². The number of hydrogen-bond donors (Lipinski definition) is 2. The fraction of sp³-hybridized carbons (Fsp3) is 0.923. The Morgan fingerprint density at radius 2 is 2.18 bits per heavy atom. The number of piperidine rings is 1. The van der Waals surface area contributed by atoms with Crippen LogP contribution < -0.4 is 10.6 Å². The maximum absolute atomic E-state index is 12.3. The molecule has 0 aliphatic carbocycles. The minimum Gasteiger partial charge on any atom is -0.354 e. The molecule has 2 fully saturated rings. The van der Waals surface area contributed by atoms with Gasteiger partial charge in [-0.25, -0.2) is 0 Å². The fourth-order valence-electron chi connectivity index (χ4n) is 2.71. The third-order valence-corrected chi connectivity index (χ3v) is 5.61. The first-order valence-electron chi connectivity index (χ1n) is 6.67. The van der Waals surface area contributed by atoms with Crippen LogP contribution >= 0.6 is 11.8 Å². The smallest absolute Gasteiger partial charge is 0.227 e. The summed E-state index contributed by atoms with van der Waals surface area (Å²) >= 11 is 2.00. The highest BCUT2D eigenvalue weighted by Crippen LogP contribution is 2.37. The quantitative estimate of drug-likeness (QED) is 0.809. The zero-order chi connectivity index (χ0) is 12.4. The van der Waals surface area contributed by atoms with Gasteiger partial charge in [0, 0.05) is 17.8 Å². The number of amides is 1. The molecule has 1 amide bonds. The molecule has 2 rings (SSSR count). The van der Waals surface area contributed by atoms with Crippen LogP contribution in [0.2, 0.25) is 0 Å². The molecular formula is C13H24N2OS. The van der Waals surface area contributed by atoms with Crippen LogP contribution in [0.15, 0.2) is 0 Å². The van der Waals surface area contributed by atoms with Gasteiger partial charge in [0.15, 0.2) is 0 Å². The predicted molar refractivity (Wildman–Crippen MR) is 73.3 cm³/mol. The summed E-state index contributed by atoms with van der Waals surface area (Å²) in [4.78, 5) is 12.3. The molecule has 0 aromatic carbocycles. The summed E-state index contributed by atoms with van der Waals surface area (Å²) in [6, 6.07) is 0. The third-order valence-electron chi connectivity index (χ3n) is 4.07. The molecule has 0 aromatic rings. The highest BCUT2D eigenvalue weighted by molar-refractivity contribution is 8.00. The van der Waals surface area contributed by atoms with Crippen LogP contribution in [0.3, 0.4) is 0 Å². The lowest BCUT2D eigenvalue weighted by Gasteiger charge is -2.34. The number of hydrogen-bond acceptors (Lipinski definition) is 3. The van der Waals surface area contributed by atoms with Gasteiger partial charge < -0.3 is 10.6 Å². The molecule has 17 heavy (non-hydrogen) atoms. The zero-order valence-corrected chi connectivity index (χ0v) is 11.8. The molecule has 0 aromatic heterocycles. The lowest BCUT2D eigenvalue weighted by molar-refractivity contribution is -0.131. The Bertz CT molecular complexity index is 281. The van der Waals surface area contributed by atoms with Crippen LogP contribution in [0, 0.1) is 5.41 Å². The van der Waals surface area contributed by atoms with E-state index in [9.17, 15) is 4.79 Å². The van der Waals surface area contributed by atoms with Crippen LogP contribution in [0.1, 0.15) is 39.5 Å². The van der Waals surface area contributed by atoms with E-state index in [1.807, 2.05) is 11.8 Å². The monoisotopic (exact) mass is 256 g/mol. The van der Waals surface area contributed by atoms with Crippen molar-refractivity contribution >= 4 is 17.7 Å². The molecule has 0 radical (unpaired) electrons. The van der Waals surface area contributed by atoms with E-state index in [-0.39, 0.29) is 16.1 Å². The van der Waals surface area contributed by atoms with Crippen molar-refractivity contribution in [2.24, 2.45) is 5.41 Å². The van der Waals surface area contributed by atoms with Crippen LogP contribution in [-0.4, -0.2) is 36.0 Å². The van der Waals surface area contributed by atoms with Crippen molar-refractivity contribution < 1.29 is 4.79 Å². The maximum Gasteiger partial charge on any atom is 0.227 e. The first-order chi connectivity index (χ1) is 8.04. The number of rotatable bonds is 3. The molecule has 2 unspecified atom stereocenters. The van der Waals surface area contributed by atoms with Crippen molar-refractivity contribution in [2.45, 2.75) is 44.3 Å². The van der Waals surface area contributed by atoms with Crippen molar-refractivity contribution in [1.82, 2.24) is 10.6 Å². The highest BCUT2D eigenvalue weighted by atomic mass is 32.2. The number of carbonyl (C=O) groups excluding carboxylic acids is 1. The van der Waals surface area contributed by atoms with Gasteiger partial charge >= 0.3 is 0 Å². The number of carbonyl (C=O) groups is 1. The minimum atomic E-state index is -0.197. The first kappa shape index (κ1) is 13.2. The summed E-state index contributed by atoms with van der Waals surface area (Å²) in [5.41, 5.74) is -0.197. The Labute approximate surface area is 108 Å². The Balaban J connectivity index is 1.84.